The van der Waals surface area contributed by atoms with E-state index in [9.17, 15) is 24.6 Å². The van der Waals surface area contributed by atoms with Gasteiger partial charge in [-0.1, -0.05) is 97.9 Å². The summed E-state index contributed by atoms with van der Waals surface area (Å²) in [5.74, 6) is -3.03. The molecule has 2 N–H and O–H groups in total. The molecule has 0 amide bonds. The topological polar surface area (TPSA) is 129 Å². The molecule has 3 aromatic carbocycles. The van der Waals surface area contributed by atoms with Crippen molar-refractivity contribution in [3.63, 3.8) is 0 Å². The highest BCUT2D eigenvalue weighted by Gasteiger charge is 2.40. The second-order valence-corrected chi connectivity index (χ2v) is 10.1. The average molecular weight is 579 g/mol. The van der Waals surface area contributed by atoms with Crippen molar-refractivity contribution in [3.8, 4) is 0 Å². The molecular weight excluding hydrogens is 540 g/mol. The van der Waals surface area contributed by atoms with Gasteiger partial charge in [0.05, 0.1) is 26.4 Å². The summed E-state index contributed by atoms with van der Waals surface area (Å²) in [5.41, 5.74) is 1.41. The van der Waals surface area contributed by atoms with Crippen LogP contribution >= 0.6 is 0 Å². The maximum absolute atomic E-state index is 12.6. The third-order valence-electron chi connectivity index (χ3n) is 7.00. The van der Waals surface area contributed by atoms with E-state index in [1.54, 1.807) is 6.92 Å². The Hall–Kier alpha value is -4.05. The van der Waals surface area contributed by atoms with Gasteiger partial charge < -0.3 is 29.2 Å². The monoisotopic (exact) mass is 578 g/mol. The quantitative estimate of drug-likeness (QED) is 0.183. The normalized spacial score (nSPS) is 13.9. The Labute approximate surface area is 246 Å². The second kappa shape index (κ2) is 17.0. The number of esters is 1. The third-order valence-corrected chi connectivity index (χ3v) is 7.00. The molecule has 0 heterocycles. The van der Waals surface area contributed by atoms with E-state index in [0.29, 0.717) is 6.42 Å². The molecule has 0 saturated heterocycles. The lowest BCUT2D eigenvalue weighted by molar-refractivity contribution is -0.164. The Kier molecular flexibility index (Phi) is 13.2. The van der Waals surface area contributed by atoms with Gasteiger partial charge in [0.15, 0.2) is 12.2 Å². The van der Waals surface area contributed by atoms with Crippen LogP contribution in [-0.4, -0.2) is 53.5 Å². The van der Waals surface area contributed by atoms with E-state index in [1.807, 2.05) is 91.0 Å². The zero-order chi connectivity index (χ0) is 30.2. The molecule has 2 unspecified atom stereocenters. The highest BCUT2D eigenvalue weighted by Crippen LogP contribution is 2.36. The number of ether oxygens (including phenoxy) is 4. The average Bonchev–Trinajstić information content (AvgIpc) is 3.01. The van der Waals surface area contributed by atoms with Crippen molar-refractivity contribution in [1.29, 1.82) is 0 Å². The fraction of sp³-hybridized carbons (Fsp3) is 0.364. The number of carbonyl (C=O) groups excluding carboxylic acids is 1. The number of benzene rings is 3. The molecule has 3 aromatic rings. The van der Waals surface area contributed by atoms with Gasteiger partial charge in [-0.25, -0.2) is 14.4 Å². The van der Waals surface area contributed by atoms with Gasteiger partial charge in [-0.3, -0.25) is 0 Å². The first kappa shape index (κ1) is 32.5. The predicted octanol–water partition coefficient (Wildman–Crippen LogP) is 5.26. The van der Waals surface area contributed by atoms with Crippen LogP contribution in [0.1, 0.15) is 42.9 Å². The number of carboxylic acid groups (broad SMARTS) is 2. The van der Waals surface area contributed by atoms with E-state index in [2.05, 4.69) is 0 Å². The van der Waals surface area contributed by atoms with Crippen molar-refractivity contribution in [3.05, 3.63) is 108 Å². The van der Waals surface area contributed by atoms with Crippen LogP contribution < -0.4 is 0 Å². The van der Waals surface area contributed by atoms with E-state index in [-0.39, 0.29) is 45.9 Å². The van der Waals surface area contributed by atoms with Gasteiger partial charge in [-0.05, 0) is 36.0 Å². The molecule has 0 radical (unpaired) electrons. The van der Waals surface area contributed by atoms with E-state index in [4.69, 9.17) is 18.9 Å². The van der Waals surface area contributed by atoms with Crippen LogP contribution in [0, 0.1) is 5.41 Å². The summed E-state index contributed by atoms with van der Waals surface area (Å²) in [7, 11) is 0. The molecule has 42 heavy (non-hydrogen) atoms. The molecular formula is C33H38O9. The molecule has 0 bridgehead atoms. The van der Waals surface area contributed by atoms with Crippen molar-refractivity contribution in [2.75, 3.05) is 13.2 Å². The predicted molar refractivity (Wildman–Crippen MR) is 154 cm³/mol. The fourth-order valence-electron chi connectivity index (χ4n) is 4.46. The Balaban J connectivity index is 1.73. The molecule has 0 saturated carbocycles. The molecule has 224 valence electrons. The van der Waals surface area contributed by atoms with Gasteiger partial charge in [-0.2, -0.15) is 0 Å². The van der Waals surface area contributed by atoms with E-state index >= 15 is 0 Å². The molecule has 2 atom stereocenters. The number of rotatable bonds is 19. The SMILES string of the molecule is CCC(COC(=O)COCc1ccccc1)(CC(OCc1ccccc1)C(=O)O)CC(OCc1ccccc1)C(=O)O. The van der Waals surface area contributed by atoms with Gasteiger partial charge in [0.2, 0.25) is 0 Å². The zero-order valence-corrected chi connectivity index (χ0v) is 23.7. The third kappa shape index (κ3) is 11.1. The van der Waals surface area contributed by atoms with Crippen LogP contribution in [0.25, 0.3) is 0 Å². The van der Waals surface area contributed by atoms with Gasteiger partial charge in [0.1, 0.15) is 6.61 Å². The Morgan fingerprint density at radius 3 is 1.45 bits per heavy atom. The first-order chi connectivity index (χ1) is 20.3. The first-order valence-corrected chi connectivity index (χ1v) is 13.8. The molecule has 0 aliphatic rings. The summed E-state index contributed by atoms with van der Waals surface area (Å²) in [4.78, 5) is 37.1. The molecule has 0 fully saturated rings. The van der Waals surface area contributed by atoms with Crippen LogP contribution in [0.5, 0.6) is 0 Å². The van der Waals surface area contributed by atoms with Gasteiger partial charge >= 0.3 is 17.9 Å². The largest absolute Gasteiger partial charge is 0.479 e. The highest BCUT2D eigenvalue weighted by molar-refractivity contribution is 5.73. The minimum absolute atomic E-state index is 0.0532. The second-order valence-electron chi connectivity index (χ2n) is 10.1. The highest BCUT2D eigenvalue weighted by atomic mass is 16.6. The van der Waals surface area contributed by atoms with Crippen molar-refractivity contribution >= 4 is 17.9 Å². The zero-order valence-electron chi connectivity index (χ0n) is 23.7. The lowest BCUT2D eigenvalue weighted by Gasteiger charge is -2.36. The van der Waals surface area contributed by atoms with Crippen molar-refractivity contribution < 1.29 is 43.5 Å². The van der Waals surface area contributed by atoms with Crippen LogP contribution in [0.4, 0.5) is 0 Å². The smallest absolute Gasteiger partial charge is 0.332 e. The standard InChI is InChI=1S/C33H38O9/c1-2-33(18-28(31(35)36)40-21-26-14-8-4-9-15-26,19-29(32(37)38)41-22-27-16-10-5-11-17-27)24-42-30(34)23-39-20-25-12-6-3-7-13-25/h3-17,28-29H,2,18-24H2,1H3,(H,35,36)(H,37,38). The Bertz CT molecular complexity index is 1170. The van der Waals surface area contributed by atoms with Gasteiger partial charge in [0.25, 0.3) is 0 Å². The maximum atomic E-state index is 12.6. The van der Waals surface area contributed by atoms with E-state index < -0.39 is 35.5 Å². The van der Waals surface area contributed by atoms with Gasteiger partial charge in [0, 0.05) is 5.41 Å². The van der Waals surface area contributed by atoms with E-state index in [0.717, 1.165) is 16.7 Å². The van der Waals surface area contributed by atoms with E-state index in [1.165, 1.54) is 0 Å². The minimum Gasteiger partial charge on any atom is -0.479 e. The Morgan fingerprint density at radius 2 is 1.07 bits per heavy atom. The number of carbonyl (C=O) groups is 3. The van der Waals surface area contributed by atoms with Crippen molar-refractivity contribution in [2.45, 2.75) is 58.2 Å². The molecule has 3 rings (SSSR count). The number of carboxylic acids is 2. The molecule has 0 aliphatic heterocycles. The summed E-state index contributed by atoms with van der Waals surface area (Å²) in [5, 5.41) is 20.0. The lowest BCUT2D eigenvalue weighted by atomic mass is 9.75. The van der Waals surface area contributed by atoms with Crippen molar-refractivity contribution in [1.82, 2.24) is 0 Å². The van der Waals surface area contributed by atoms with Crippen LogP contribution in [0.15, 0.2) is 91.0 Å². The molecule has 0 aromatic heterocycles. The maximum Gasteiger partial charge on any atom is 0.332 e. The van der Waals surface area contributed by atoms with Crippen LogP contribution in [0.2, 0.25) is 0 Å². The number of aliphatic carboxylic acids is 2. The molecule has 9 nitrogen and oxygen atoms in total. The van der Waals surface area contributed by atoms with Crippen LogP contribution in [-0.2, 0) is 53.2 Å². The summed E-state index contributed by atoms with van der Waals surface area (Å²) in [6, 6.07) is 27.6. The molecule has 9 heteroatoms. The molecule has 0 spiro atoms. The minimum atomic E-state index is -1.28. The van der Waals surface area contributed by atoms with Crippen LogP contribution in [0.3, 0.4) is 0 Å². The fourth-order valence-corrected chi connectivity index (χ4v) is 4.46. The number of hydrogen-bond donors (Lipinski definition) is 2. The summed E-state index contributed by atoms with van der Waals surface area (Å²) in [6.45, 7) is 1.58. The number of hydrogen-bond acceptors (Lipinski definition) is 7. The first-order valence-electron chi connectivity index (χ1n) is 13.8. The van der Waals surface area contributed by atoms with Gasteiger partial charge in [-0.15, -0.1) is 0 Å². The summed E-state index contributed by atoms with van der Waals surface area (Å²) in [6.07, 6.45) is -2.43. The summed E-state index contributed by atoms with van der Waals surface area (Å²) >= 11 is 0. The molecule has 0 aliphatic carbocycles. The van der Waals surface area contributed by atoms with Crippen molar-refractivity contribution in [2.24, 2.45) is 5.41 Å². The Morgan fingerprint density at radius 1 is 0.667 bits per heavy atom. The lowest BCUT2D eigenvalue weighted by Crippen LogP contribution is -2.41. The summed E-state index contributed by atoms with van der Waals surface area (Å²) < 4.78 is 22.6.